The Morgan fingerprint density at radius 3 is 2.82 bits per heavy atom. The molecule has 3 saturated carbocycles. The molecule has 1 amide bonds. The summed E-state index contributed by atoms with van der Waals surface area (Å²) in [5.41, 5.74) is 1.05. The zero-order valence-corrected chi connectivity index (χ0v) is 9.73. The zero-order valence-electron chi connectivity index (χ0n) is 9.73. The quantitative estimate of drug-likeness (QED) is 0.824. The van der Waals surface area contributed by atoms with E-state index in [-0.39, 0.29) is 5.91 Å². The first kappa shape index (κ1) is 9.68. The molecule has 0 saturated heterocycles. The molecular formula is C13H17N3O. The van der Waals surface area contributed by atoms with Crippen LogP contribution in [-0.4, -0.2) is 16.1 Å². The van der Waals surface area contributed by atoms with Crippen molar-refractivity contribution in [1.29, 1.82) is 0 Å². The van der Waals surface area contributed by atoms with E-state index < -0.39 is 0 Å². The van der Waals surface area contributed by atoms with Crippen LogP contribution in [0.5, 0.6) is 0 Å². The van der Waals surface area contributed by atoms with Gasteiger partial charge in [0.25, 0.3) is 0 Å². The van der Waals surface area contributed by atoms with Crippen molar-refractivity contribution in [2.45, 2.75) is 25.8 Å². The van der Waals surface area contributed by atoms with Gasteiger partial charge in [-0.3, -0.25) is 9.89 Å². The third-order valence-electron chi connectivity index (χ3n) is 5.06. The van der Waals surface area contributed by atoms with Crippen LogP contribution in [0.1, 0.15) is 24.8 Å². The molecule has 2 bridgehead atoms. The van der Waals surface area contributed by atoms with Gasteiger partial charge in [-0.15, -0.1) is 0 Å². The molecule has 4 atom stereocenters. The summed E-state index contributed by atoms with van der Waals surface area (Å²) in [6.45, 7) is 0.612. The van der Waals surface area contributed by atoms with Crippen molar-refractivity contribution in [3.8, 4) is 0 Å². The highest BCUT2D eigenvalue weighted by atomic mass is 16.2. The molecule has 3 aliphatic carbocycles. The molecule has 2 N–H and O–H groups in total. The summed E-state index contributed by atoms with van der Waals surface area (Å²) in [5, 5.41) is 9.68. The number of nitrogens with zero attached hydrogens (tertiary/aromatic N) is 1. The fraction of sp³-hybridized carbons (Fsp3) is 0.692. The second-order valence-corrected chi connectivity index (χ2v) is 5.84. The van der Waals surface area contributed by atoms with E-state index in [0.717, 1.165) is 29.2 Å². The monoisotopic (exact) mass is 231 g/mol. The zero-order chi connectivity index (χ0) is 11.4. The Kier molecular flexibility index (Phi) is 1.90. The summed E-state index contributed by atoms with van der Waals surface area (Å²) < 4.78 is 0. The molecule has 4 unspecified atom stereocenters. The van der Waals surface area contributed by atoms with Crippen molar-refractivity contribution in [2.75, 3.05) is 0 Å². The van der Waals surface area contributed by atoms with Gasteiger partial charge in [-0.1, -0.05) is 0 Å². The third-order valence-corrected chi connectivity index (χ3v) is 5.06. The highest BCUT2D eigenvalue weighted by molar-refractivity contribution is 5.82. The molecule has 3 aliphatic rings. The van der Waals surface area contributed by atoms with E-state index in [1.165, 1.54) is 19.3 Å². The van der Waals surface area contributed by atoms with Gasteiger partial charge in [0.05, 0.1) is 6.20 Å². The van der Waals surface area contributed by atoms with E-state index in [4.69, 9.17) is 0 Å². The number of aromatic nitrogens is 2. The standard InChI is InChI=1S/C13H17N3O/c17-13(14-4-7-5-15-16-6-7)12-10-8-1-2-9(3-8)11(10)12/h5-6,8-12H,1-4H2,(H,14,17)(H,15,16). The van der Waals surface area contributed by atoms with Crippen LogP contribution in [0.4, 0.5) is 0 Å². The number of hydrogen-bond donors (Lipinski definition) is 2. The number of rotatable bonds is 3. The van der Waals surface area contributed by atoms with Gasteiger partial charge in [0.1, 0.15) is 0 Å². The Labute approximate surface area is 100 Å². The van der Waals surface area contributed by atoms with Crippen LogP contribution in [0.3, 0.4) is 0 Å². The smallest absolute Gasteiger partial charge is 0.223 e. The maximum absolute atomic E-state index is 12.1. The highest BCUT2D eigenvalue weighted by Gasteiger charge is 2.67. The molecule has 4 heteroatoms. The number of H-pyrrole nitrogens is 1. The predicted molar refractivity (Wildman–Crippen MR) is 61.7 cm³/mol. The van der Waals surface area contributed by atoms with Crippen LogP contribution >= 0.6 is 0 Å². The second-order valence-electron chi connectivity index (χ2n) is 5.84. The molecule has 1 aromatic heterocycles. The second kappa shape index (κ2) is 3.34. The Morgan fingerprint density at radius 2 is 2.18 bits per heavy atom. The van der Waals surface area contributed by atoms with Gasteiger partial charge in [-0.25, -0.2) is 0 Å². The SMILES string of the molecule is O=C(NCc1cn[nH]c1)C1C2C3CCC(C3)C12. The number of hydrogen-bond acceptors (Lipinski definition) is 2. The number of carbonyl (C=O) groups excluding carboxylic acids is 1. The Balaban J connectivity index is 1.37. The van der Waals surface area contributed by atoms with Gasteiger partial charge in [0.15, 0.2) is 0 Å². The first-order chi connectivity index (χ1) is 8.34. The molecule has 1 aromatic rings. The summed E-state index contributed by atoms with van der Waals surface area (Å²) in [6, 6.07) is 0. The van der Waals surface area contributed by atoms with Gasteiger partial charge >= 0.3 is 0 Å². The Bertz CT molecular complexity index is 426. The van der Waals surface area contributed by atoms with Crippen molar-refractivity contribution >= 4 is 5.91 Å². The van der Waals surface area contributed by atoms with E-state index in [1.807, 2.05) is 6.20 Å². The Morgan fingerprint density at radius 1 is 1.41 bits per heavy atom. The van der Waals surface area contributed by atoms with E-state index in [0.29, 0.717) is 12.5 Å². The van der Waals surface area contributed by atoms with Crippen LogP contribution in [-0.2, 0) is 11.3 Å². The van der Waals surface area contributed by atoms with E-state index in [1.54, 1.807) is 6.20 Å². The molecule has 4 rings (SSSR count). The number of amides is 1. The molecule has 17 heavy (non-hydrogen) atoms. The molecule has 1 heterocycles. The van der Waals surface area contributed by atoms with Crippen LogP contribution in [0.25, 0.3) is 0 Å². The third kappa shape index (κ3) is 1.36. The van der Waals surface area contributed by atoms with Crippen molar-refractivity contribution in [3.05, 3.63) is 18.0 Å². The normalized spacial score (nSPS) is 41.3. The van der Waals surface area contributed by atoms with Crippen molar-refractivity contribution in [2.24, 2.45) is 29.6 Å². The lowest BCUT2D eigenvalue weighted by molar-refractivity contribution is -0.123. The summed E-state index contributed by atoms with van der Waals surface area (Å²) >= 11 is 0. The molecule has 0 radical (unpaired) electrons. The average Bonchev–Trinajstić information content (AvgIpc) is 2.80. The fourth-order valence-electron chi connectivity index (χ4n) is 4.36. The van der Waals surface area contributed by atoms with Gasteiger partial charge < -0.3 is 5.32 Å². The number of nitrogens with one attached hydrogen (secondary N) is 2. The molecule has 3 fully saturated rings. The van der Waals surface area contributed by atoms with Crippen molar-refractivity contribution < 1.29 is 4.79 Å². The average molecular weight is 231 g/mol. The highest BCUT2D eigenvalue weighted by Crippen LogP contribution is 2.69. The summed E-state index contributed by atoms with van der Waals surface area (Å²) in [6.07, 6.45) is 7.74. The van der Waals surface area contributed by atoms with Crippen LogP contribution in [0.15, 0.2) is 12.4 Å². The number of carbonyl (C=O) groups is 1. The van der Waals surface area contributed by atoms with Crippen LogP contribution < -0.4 is 5.32 Å². The summed E-state index contributed by atoms with van der Waals surface area (Å²) in [5.74, 6) is 3.83. The van der Waals surface area contributed by atoms with Gasteiger partial charge in [0.2, 0.25) is 5.91 Å². The van der Waals surface area contributed by atoms with Gasteiger partial charge in [-0.05, 0) is 42.9 Å². The predicted octanol–water partition coefficient (Wildman–Crippen LogP) is 1.32. The molecule has 4 nitrogen and oxygen atoms in total. The maximum atomic E-state index is 12.1. The van der Waals surface area contributed by atoms with Gasteiger partial charge in [0, 0.05) is 24.2 Å². The summed E-state index contributed by atoms with van der Waals surface area (Å²) in [4.78, 5) is 12.1. The minimum absolute atomic E-state index is 0.276. The molecule has 0 spiro atoms. The summed E-state index contributed by atoms with van der Waals surface area (Å²) in [7, 11) is 0. The maximum Gasteiger partial charge on any atom is 0.223 e. The van der Waals surface area contributed by atoms with E-state index in [9.17, 15) is 4.79 Å². The minimum atomic E-state index is 0.276. The lowest BCUT2D eigenvalue weighted by Gasteiger charge is -2.08. The van der Waals surface area contributed by atoms with Crippen molar-refractivity contribution in [1.82, 2.24) is 15.5 Å². The van der Waals surface area contributed by atoms with E-state index >= 15 is 0 Å². The number of aromatic amines is 1. The first-order valence-electron chi connectivity index (χ1n) is 6.60. The number of fused-ring (bicyclic) bond motifs is 5. The van der Waals surface area contributed by atoms with Crippen LogP contribution in [0, 0.1) is 29.6 Å². The van der Waals surface area contributed by atoms with Gasteiger partial charge in [-0.2, -0.15) is 5.10 Å². The Hall–Kier alpha value is -1.32. The van der Waals surface area contributed by atoms with Crippen LogP contribution in [0.2, 0.25) is 0 Å². The van der Waals surface area contributed by atoms with Crippen molar-refractivity contribution in [3.63, 3.8) is 0 Å². The first-order valence-corrected chi connectivity index (χ1v) is 6.60. The fourth-order valence-corrected chi connectivity index (χ4v) is 4.36. The molecule has 90 valence electrons. The lowest BCUT2D eigenvalue weighted by Crippen LogP contribution is -2.26. The largest absolute Gasteiger partial charge is 0.352 e. The molecule has 0 aliphatic heterocycles. The van der Waals surface area contributed by atoms with E-state index in [2.05, 4.69) is 15.5 Å². The minimum Gasteiger partial charge on any atom is -0.352 e. The molecule has 0 aromatic carbocycles. The lowest BCUT2D eigenvalue weighted by atomic mass is 10.0. The molecular weight excluding hydrogens is 214 g/mol. The topological polar surface area (TPSA) is 57.8 Å².